The third kappa shape index (κ3) is 3.04. The van der Waals surface area contributed by atoms with E-state index in [9.17, 15) is 4.79 Å². The molecule has 5 nitrogen and oxygen atoms in total. The molecular weight excluding hydrogens is 252 g/mol. The lowest BCUT2D eigenvalue weighted by Crippen LogP contribution is -2.19. The average molecular weight is 268 g/mol. The first-order valence-electron chi connectivity index (χ1n) is 6.48. The number of nitrogens with one attached hydrogen (secondary N) is 1. The molecule has 0 unspecified atom stereocenters. The predicted molar refractivity (Wildman–Crippen MR) is 78.1 cm³/mol. The van der Waals surface area contributed by atoms with Crippen LogP contribution in [-0.4, -0.2) is 17.0 Å². The van der Waals surface area contributed by atoms with Crippen molar-refractivity contribution in [2.45, 2.75) is 19.8 Å². The number of aryl methyl sites for hydroxylation is 1. The summed E-state index contributed by atoms with van der Waals surface area (Å²) in [4.78, 5) is 19.4. The number of rotatable bonds is 4. The second-order valence-electron chi connectivity index (χ2n) is 4.55. The Balaban J connectivity index is 2.31. The van der Waals surface area contributed by atoms with E-state index in [1.54, 1.807) is 11.0 Å². The highest BCUT2D eigenvalue weighted by atomic mass is 16.1. The highest BCUT2D eigenvalue weighted by Gasteiger charge is 2.08. The summed E-state index contributed by atoms with van der Waals surface area (Å²) in [6.45, 7) is 2.14. The Bertz CT molecular complexity index is 682. The van der Waals surface area contributed by atoms with E-state index in [0.29, 0.717) is 5.82 Å². The van der Waals surface area contributed by atoms with Gasteiger partial charge >= 0.3 is 5.69 Å². The summed E-state index contributed by atoms with van der Waals surface area (Å²) < 4.78 is 0. The van der Waals surface area contributed by atoms with Crippen LogP contribution in [0.4, 0.5) is 11.5 Å². The quantitative estimate of drug-likeness (QED) is 0.923. The van der Waals surface area contributed by atoms with E-state index in [4.69, 9.17) is 5.26 Å². The average Bonchev–Trinajstić information content (AvgIpc) is 2.47. The van der Waals surface area contributed by atoms with Gasteiger partial charge in [0.25, 0.3) is 0 Å². The number of hydrogen-bond donors (Lipinski definition) is 1. The fraction of sp³-hybridized carbons (Fsp3) is 0.267. The second-order valence-corrected chi connectivity index (χ2v) is 4.55. The fourth-order valence-corrected chi connectivity index (χ4v) is 1.98. The van der Waals surface area contributed by atoms with Crippen LogP contribution in [0.3, 0.4) is 0 Å². The molecule has 5 heteroatoms. The lowest BCUT2D eigenvalue weighted by atomic mass is 10.1. The minimum atomic E-state index is -0.520. The first-order chi connectivity index (χ1) is 9.63. The van der Waals surface area contributed by atoms with E-state index in [0.717, 1.165) is 18.5 Å². The number of anilines is 2. The van der Waals surface area contributed by atoms with Crippen molar-refractivity contribution in [1.82, 2.24) is 9.97 Å². The Hall–Kier alpha value is -2.61. The molecule has 2 aromatic rings. The van der Waals surface area contributed by atoms with Crippen molar-refractivity contribution >= 4 is 11.5 Å². The maximum atomic E-state index is 11.4. The molecule has 0 amide bonds. The van der Waals surface area contributed by atoms with Gasteiger partial charge in [0, 0.05) is 18.8 Å². The maximum Gasteiger partial charge on any atom is 0.347 e. The largest absolute Gasteiger partial charge is 0.347 e. The van der Waals surface area contributed by atoms with Crippen LogP contribution in [0.15, 0.2) is 35.1 Å². The number of aromatic amines is 1. The monoisotopic (exact) mass is 268 g/mol. The summed E-state index contributed by atoms with van der Waals surface area (Å²) in [5.41, 5.74) is 1.89. The Labute approximate surface area is 117 Å². The number of benzene rings is 1. The Morgan fingerprint density at radius 3 is 2.65 bits per heavy atom. The van der Waals surface area contributed by atoms with Crippen LogP contribution in [0.2, 0.25) is 0 Å². The van der Waals surface area contributed by atoms with Crippen LogP contribution in [0.1, 0.15) is 24.6 Å². The molecule has 0 atom stereocenters. The van der Waals surface area contributed by atoms with E-state index in [-0.39, 0.29) is 5.69 Å². The van der Waals surface area contributed by atoms with E-state index in [1.165, 1.54) is 5.56 Å². The van der Waals surface area contributed by atoms with Gasteiger partial charge in [-0.25, -0.2) is 4.79 Å². The molecule has 1 N–H and O–H groups in total. The summed E-state index contributed by atoms with van der Waals surface area (Å²) in [6.07, 6.45) is 2.15. The molecule has 0 fully saturated rings. The third-order valence-corrected chi connectivity index (χ3v) is 3.06. The van der Waals surface area contributed by atoms with Gasteiger partial charge in [-0.2, -0.15) is 10.2 Å². The smallest absolute Gasteiger partial charge is 0.329 e. The van der Waals surface area contributed by atoms with Crippen LogP contribution in [-0.2, 0) is 6.42 Å². The van der Waals surface area contributed by atoms with Crippen molar-refractivity contribution in [3.8, 4) is 6.07 Å². The minimum absolute atomic E-state index is 0.203. The van der Waals surface area contributed by atoms with Gasteiger partial charge in [0.1, 0.15) is 17.6 Å². The summed E-state index contributed by atoms with van der Waals surface area (Å²) >= 11 is 0. The Morgan fingerprint density at radius 1 is 1.35 bits per heavy atom. The van der Waals surface area contributed by atoms with Crippen LogP contribution < -0.4 is 10.6 Å². The molecule has 0 radical (unpaired) electrons. The summed E-state index contributed by atoms with van der Waals surface area (Å²) in [7, 11) is 1.82. The van der Waals surface area contributed by atoms with Gasteiger partial charge in [-0.15, -0.1) is 0 Å². The van der Waals surface area contributed by atoms with E-state index < -0.39 is 5.69 Å². The van der Waals surface area contributed by atoms with Crippen LogP contribution in [0.25, 0.3) is 0 Å². The normalized spacial score (nSPS) is 10.1. The molecule has 0 saturated heterocycles. The number of nitrogens with zero attached hydrogens (tertiary/aromatic N) is 3. The zero-order valence-electron chi connectivity index (χ0n) is 11.6. The van der Waals surface area contributed by atoms with E-state index in [1.807, 2.05) is 25.2 Å². The lowest BCUT2D eigenvalue weighted by molar-refractivity contribution is 0.921. The Morgan fingerprint density at radius 2 is 2.05 bits per heavy atom. The van der Waals surface area contributed by atoms with Crippen LogP contribution in [0.5, 0.6) is 0 Å². The summed E-state index contributed by atoms with van der Waals surface area (Å²) in [5, 5.41) is 8.87. The topological polar surface area (TPSA) is 72.8 Å². The highest BCUT2D eigenvalue weighted by molar-refractivity contribution is 5.59. The molecule has 1 aromatic carbocycles. The molecule has 0 spiro atoms. The molecule has 1 heterocycles. The molecule has 20 heavy (non-hydrogen) atoms. The molecule has 2 rings (SSSR count). The molecular formula is C15H16N4O. The highest BCUT2D eigenvalue weighted by Crippen LogP contribution is 2.21. The van der Waals surface area contributed by atoms with Crippen molar-refractivity contribution in [1.29, 1.82) is 5.26 Å². The summed E-state index contributed by atoms with van der Waals surface area (Å²) in [6, 6.07) is 11.6. The van der Waals surface area contributed by atoms with Gasteiger partial charge in [-0.3, -0.25) is 4.98 Å². The van der Waals surface area contributed by atoms with Crippen molar-refractivity contribution in [3.63, 3.8) is 0 Å². The number of H-pyrrole nitrogens is 1. The number of aromatic nitrogens is 2. The minimum Gasteiger partial charge on any atom is -0.329 e. The van der Waals surface area contributed by atoms with Gasteiger partial charge in [0.05, 0.1) is 0 Å². The summed E-state index contributed by atoms with van der Waals surface area (Å²) in [5.74, 6) is 0.452. The zero-order chi connectivity index (χ0) is 14.5. The van der Waals surface area contributed by atoms with Crippen molar-refractivity contribution in [2.24, 2.45) is 0 Å². The number of hydrogen-bond acceptors (Lipinski definition) is 4. The van der Waals surface area contributed by atoms with Gasteiger partial charge < -0.3 is 4.90 Å². The predicted octanol–water partition coefficient (Wildman–Crippen LogP) is 2.36. The fourth-order valence-electron chi connectivity index (χ4n) is 1.98. The number of nitriles is 1. The van der Waals surface area contributed by atoms with Crippen LogP contribution >= 0.6 is 0 Å². The van der Waals surface area contributed by atoms with E-state index >= 15 is 0 Å². The molecule has 102 valence electrons. The molecule has 1 aromatic heterocycles. The standard InChI is InChI=1S/C15H16N4O/c1-3-4-11-5-7-13(8-6-11)19(2)14-9-12(10-16)17-15(20)18-14/h5-9H,3-4H2,1-2H3,(H,17,18,20). The molecule has 0 saturated carbocycles. The third-order valence-electron chi connectivity index (χ3n) is 3.06. The maximum absolute atomic E-state index is 11.4. The lowest BCUT2D eigenvalue weighted by Gasteiger charge is -2.18. The Kier molecular flexibility index (Phi) is 4.16. The molecule has 0 aliphatic rings. The first kappa shape index (κ1) is 13.8. The second kappa shape index (κ2) is 6.02. The SMILES string of the molecule is CCCc1ccc(N(C)c2cc(C#N)[nH]c(=O)n2)cc1. The van der Waals surface area contributed by atoms with Crippen molar-refractivity contribution in [2.75, 3.05) is 11.9 Å². The van der Waals surface area contributed by atoms with Crippen molar-refractivity contribution in [3.05, 3.63) is 52.1 Å². The van der Waals surface area contributed by atoms with E-state index in [2.05, 4.69) is 29.0 Å². The first-order valence-corrected chi connectivity index (χ1v) is 6.48. The zero-order valence-corrected chi connectivity index (χ0v) is 11.6. The van der Waals surface area contributed by atoms with Gasteiger partial charge in [-0.1, -0.05) is 25.5 Å². The van der Waals surface area contributed by atoms with Gasteiger partial charge in [-0.05, 0) is 24.1 Å². The van der Waals surface area contributed by atoms with Gasteiger partial charge in [0.2, 0.25) is 0 Å². The molecule has 0 bridgehead atoms. The van der Waals surface area contributed by atoms with Gasteiger partial charge in [0.15, 0.2) is 0 Å². The van der Waals surface area contributed by atoms with Crippen LogP contribution in [0, 0.1) is 11.3 Å². The van der Waals surface area contributed by atoms with Crippen molar-refractivity contribution < 1.29 is 0 Å². The molecule has 0 aliphatic carbocycles. The molecule has 0 aliphatic heterocycles.